The van der Waals surface area contributed by atoms with E-state index in [2.05, 4.69) is 339 Å². The Bertz CT molecular complexity index is 6060. The van der Waals surface area contributed by atoms with Crippen molar-refractivity contribution >= 4 is 62.1 Å². The summed E-state index contributed by atoms with van der Waals surface area (Å²) in [7, 11) is 0. The quantitative estimate of drug-likeness (QED) is 0.145. The number of nitrogens with zero attached hydrogens (tertiary/aromatic N) is 7. The lowest BCUT2D eigenvalue weighted by Crippen LogP contribution is -2.15. The van der Waals surface area contributed by atoms with Crippen LogP contribution in [0.4, 0.5) is 28.7 Å². The van der Waals surface area contributed by atoms with E-state index in [1.165, 1.54) is 72.0 Å². The molecule has 2 aliphatic heterocycles. The van der Waals surface area contributed by atoms with Gasteiger partial charge in [-0.05, 0) is 83.4 Å². The van der Waals surface area contributed by atoms with E-state index in [0.29, 0.717) is 5.95 Å². The fourth-order valence-electron chi connectivity index (χ4n) is 14.9. The summed E-state index contributed by atoms with van der Waals surface area (Å²) in [4.78, 5) is 21.5. The zero-order valence-electron chi connectivity index (χ0n) is 57.0. The van der Waals surface area contributed by atoms with Gasteiger partial charge in [0, 0.05) is 100 Å². The van der Waals surface area contributed by atoms with Crippen LogP contribution in [0.5, 0.6) is 0 Å². The predicted octanol–water partition coefficient (Wildman–Crippen LogP) is 25.7. The molecule has 20 rings (SSSR count). The van der Waals surface area contributed by atoms with E-state index >= 15 is 0 Å². The van der Waals surface area contributed by atoms with E-state index in [9.17, 15) is 0 Å². The number of anilines is 5. The summed E-state index contributed by atoms with van der Waals surface area (Å²) in [5, 5.41) is 6.42. The molecular weight excluding hydrogens is 1300 g/mol. The number of rotatable bonds is 9. The molecule has 0 spiro atoms. The summed E-state index contributed by atoms with van der Waals surface area (Å²) in [6, 6.07) is 136. The van der Waals surface area contributed by atoms with Crippen LogP contribution in [0.2, 0.25) is 5.28 Å². The molecule has 0 radical (unpaired) electrons. The second kappa shape index (κ2) is 28.0. The number of benzene rings is 14. The molecule has 4 aromatic heterocycles. The zero-order valence-corrected chi connectivity index (χ0v) is 57.7. The van der Waals surface area contributed by atoms with Gasteiger partial charge in [-0.1, -0.05) is 328 Å². The van der Waals surface area contributed by atoms with Gasteiger partial charge >= 0.3 is 0 Å². The Balaban J connectivity index is 0.000000126. The van der Waals surface area contributed by atoms with E-state index in [1.54, 1.807) is 0 Å². The fraction of sp³-hybridized carbons (Fsp3) is 0. The zero-order chi connectivity index (χ0) is 70.0. The van der Waals surface area contributed by atoms with Gasteiger partial charge in [-0.25, -0.2) is 19.9 Å². The molecule has 0 fully saturated rings. The van der Waals surface area contributed by atoms with Crippen LogP contribution < -0.4 is 10.2 Å². The van der Waals surface area contributed by atoms with Crippen molar-refractivity contribution in [2.45, 2.75) is 0 Å². The lowest BCUT2D eigenvalue weighted by atomic mass is 9.96. The van der Waals surface area contributed by atoms with Gasteiger partial charge < -0.3 is 14.5 Å². The number of fused-ring (bicyclic) bond motifs is 14. The molecule has 0 aliphatic carbocycles. The fourth-order valence-corrected chi connectivity index (χ4v) is 15.1. The molecule has 0 saturated carbocycles. The van der Waals surface area contributed by atoms with Crippen LogP contribution in [0.1, 0.15) is 0 Å². The summed E-state index contributed by atoms with van der Waals surface area (Å²) in [6.07, 6.45) is 0. The minimum atomic E-state index is 0.264. The third kappa shape index (κ3) is 12.0. The van der Waals surface area contributed by atoms with Gasteiger partial charge in [0.1, 0.15) is 0 Å². The highest BCUT2D eigenvalue weighted by Gasteiger charge is 2.34. The first-order chi connectivity index (χ1) is 52.1. The van der Waals surface area contributed by atoms with Crippen molar-refractivity contribution in [3.05, 3.63) is 394 Å². The van der Waals surface area contributed by atoms with Crippen LogP contribution >= 0.6 is 11.6 Å². The van der Waals surface area contributed by atoms with Gasteiger partial charge in [-0.3, -0.25) is 4.90 Å². The van der Waals surface area contributed by atoms with Gasteiger partial charge in [0.2, 0.25) is 11.2 Å². The molecule has 0 bridgehead atoms. The van der Waals surface area contributed by atoms with E-state index in [0.717, 1.165) is 96.0 Å². The Labute approximate surface area is 614 Å². The van der Waals surface area contributed by atoms with Gasteiger partial charge in [-0.15, -0.1) is 0 Å². The van der Waals surface area contributed by atoms with Crippen molar-refractivity contribution in [3.63, 3.8) is 0 Å². The molecule has 0 saturated heterocycles. The number of para-hydroxylation sites is 8. The number of hydrogen-bond acceptors (Lipinski definition) is 6. The molecule has 0 atom stereocenters. The molecule has 0 unspecified atom stereocenters. The van der Waals surface area contributed by atoms with Crippen LogP contribution in [0.15, 0.2) is 388 Å². The van der Waals surface area contributed by atoms with E-state index in [1.807, 2.05) is 78.9 Å². The lowest BCUT2D eigenvalue weighted by molar-refractivity contribution is 1.09. The van der Waals surface area contributed by atoms with Gasteiger partial charge in [0.15, 0.2) is 0 Å². The molecule has 14 aromatic carbocycles. The van der Waals surface area contributed by atoms with Gasteiger partial charge in [-0.2, -0.15) is 0 Å². The average molecular weight is 1370 g/mol. The number of nitrogens with one attached hydrogen (secondary N) is 1. The topological polar surface area (TPSA) is 76.7 Å². The molecule has 105 heavy (non-hydrogen) atoms. The smallest absolute Gasteiger partial charge is 0.235 e. The molecular formula is C96H65ClN8. The Kier molecular flexibility index (Phi) is 16.9. The van der Waals surface area contributed by atoms with Crippen molar-refractivity contribution in [2.24, 2.45) is 0 Å². The predicted molar refractivity (Wildman–Crippen MR) is 435 cm³/mol. The molecule has 18 aromatic rings. The van der Waals surface area contributed by atoms with E-state index in [-0.39, 0.29) is 5.28 Å². The maximum Gasteiger partial charge on any atom is 0.235 e. The number of hydrogen-bond donors (Lipinski definition) is 1. The van der Waals surface area contributed by atoms with Crippen LogP contribution in [0.25, 0.3) is 145 Å². The summed E-state index contributed by atoms with van der Waals surface area (Å²) in [5.41, 5.74) is 30.8. The molecule has 496 valence electrons. The summed E-state index contributed by atoms with van der Waals surface area (Å²) in [6.45, 7) is 0. The maximum atomic E-state index is 6.03. The SMILES string of the molecule is Clc1nc(-c2ccccc2)cc(-c2ccccc2)n1.c1ccc(-c2cc(-c3ccccc3)nc(N3c4ccccc4-c4c(n(-c5ccccc5)c5c(-c6ccccc6)cccc45)-c4ccccc43)n2)cc1.c1ccc(-c2cccc3c4c(n(-c5ccccc5)c23)-c2ccccc2Nc2ccccc2-4)cc1. The molecule has 6 heterocycles. The largest absolute Gasteiger partial charge is 0.354 e. The van der Waals surface area contributed by atoms with E-state index < -0.39 is 0 Å². The summed E-state index contributed by atoms with van der Waals surface area (Å²) < 4.78 is 4.92. The first-order valence-electron chi connectivity index (χ1n) is 35.2. The second-order valence-electron chi connectivity index (χ2n) is 25.8. The Morgan fingerprint density at radius 2 is 0.552 bits per heavy atom. The van der Waals surface area contributed by atoms with Crippen LogP contribution in [-0.4, -0.2) is 29.1 Å². The number of halogens is 1. The van der Waals surface area contributed by atoms with Crippen LogP contribution in [-0.2, 0) is 0 Å². The summed E-state index contributed by atoms with van der Waals surface area (Å²) >= 11 is 6.03. The molecule has 2 aliphatic rings. The Morgan fingerprint density at radius 1 is 0.248 bits per heavy atom. The van der Waals surface area contributed by atoms with Crippen molar-refractivity contribution in [1.29, 1.82) is 0 Å². The third-order valence-electron chi connectivity index (χ3n) is 19.5. The van der Waals surface area contributed by atoms with Gasteiger partial charge in [0.05, 0.1) is 56.6 Å². The first kappa shape index (κ1) is 63.4. The summed E-state index contributed by atoms with van der Waals surface area (Å²) in [5.74, 6) is 0.616. The highest BCUT2D eigenvalue weighted by atomic mass is 35.5. The average Bonchev–Trinajstić information content (AvgIpc) is 1.56. The lowest BCUT2D eigenvalue weighted by Gasteiger charge is -2.26. The first-order valence-corrected chi connectivity index (χ1v) is 35.6. The van der Waals surface area contributed by atoms with Crippen molar-refractivity contribution in [1.82, 2.24) is 29.1 Å². The minimum Gasteiger partial charge on any atom is -0.354 e. The number of aromatic nitrogens is 6. The standard InChI is InChI=1S/C48H32N4.C32H22N2.C16H11ClN2/c1-5-18-33(19-6-1)37-28-17-29-40-45-38-26-13-15-30-43(38)52(44-31-16-14-27-39(44)47(45)51(46(37)40)36-24-11-4-12-25-36)48-49-41(34-20-7-2-8-21-34)32-42(50-48)35-22-9-3-10-23-35;1-3-12-22(13-4-1)24-18-11-19-27-30-25-16-7-9-20-28(25)33-29-21-10-8-17-26(29)32(30)34(31(24)27)23-14-5-2-6-15-23;17-16-18-14(12-7-3-1-4-8-12)11-15(19-16)13-9-5-2-6-10-13/h1-32H;1-21,33H;1-11H. The van der Waals surface area contributed by atoms with E-state index in [4.69, 9.17) is 21.6 Å². The van der Waals surface area contributed by atoms with Crippen molar-refractivity contribution in [3.8, 4) is 123 Å². The third-order valence-corrected chi connectivity index (χ3v) is 19.7. The van der Waals surface area contributed by atoms with Crippen LogP contribution in [0.3, 0.4) is 0 Å². The normalized spacial score (nSPS) is 11.5. The van der Waals surface area contributed by atoms with Gasteiger partial charge in [0.25, 0.3) is 0 Å². The second-order valence-corrected chi connectivity index (χ2v) is 26.2. The van der Waals surface area contributed by atoms with Crippen molar-refractivity contribution < 1.29 is 0 Å². The Hall–Kier alpha value is -13.8. The molecule has 8 nitrogen and oxygen atoms in total. The Morgan fingerprint density at radius 3 is 0.990 bits per heavy atom. The highest BCUT2D eigenvalue weighted by molar-refractivity contribution is 6.28. The highest BCUT2D eigenvalue weighted by Crippen LogP contribution is 2.56. The maximum absolute atomic E-state index is 6.03. The van der Waals surface area contributed by atoms with Crippen molar-refractivity contribution in [2.75, 3.05) is 10.2 Å². The minimum absolute atomic E-state index is 0.264. The molecule has 9 heteroatoms. The van der Waals surface area contributed by atoms with Crippen LogP contribution in [0, 0.1) is 0 Å². The molecule has 0 amide bonds. The monoisotopic (exact) mass is 1360 g/mol. The molecule has 1 N–H and O–H groups in total.